The topological polar surface area (TPSA) is 47.3 Å². The van der Waals surface area contributed by atoms with Gasteiger partial charge < -0.3 is 9.80 Å². The van der Waals surface area contributed by atoms with Gasteiger partial charge in [-0.15, -0.1) is 0 Å². The molecule has 0 aromatic heterocycles. The smallest absolute Gasteiger partial charge is 0.264 e. The second-order valence-corrected chi connectivity index (χ2v) is 6.87. The number of para-hydroxylation sites is 1. The number of rotatable bonds is 3. The van der Waals surface area contributed by atoms with Crippen molar-refractivity contribution >= 4 is 33.6 Å². The van der Waals surface area contributed by atoms with Crippen LogP contribution in [0.4, 0.5) is 10.1 Å². The molecule has 0 bridgehead atoms. The minimum atomic E-state index is -0.288. The van der Waals surface area contributed by atoms with Crippen LogP contribution >= 0.6 is 15.9 Å². The van der Waals surface area contributed by atoms with E-state index < -0.39 is 0 Å². The van der Waals surface area contributed by atoms with Crippen molar-refractivity contribution in [3.05, 3.63) is 70.0 Å². The summed E-state index contributed by atoms with van der Waals surface area (Å²) in [6.07, 6.45) is 1.60. The van der Waals surface area contributed by atoms with E-state index in [2.05, 4.69) is 15.9 Å². The normalized spacial score (nSPS) is 14.9. The number of piperazine rings is 1. The van der Waals surface area contributed by atoms with Crippen molar-refractivity contribution in [2.24, 2.45) is 0 Å². The second-order valence-electron chi connectivity index (χ2n) is 5.95. The Labute approximate surface area is 160 Å². The Kier molecular flexibility index (Phi) is 5.69. The lowest BCUT2D eigenvalue weighted by Crippen LogP contribution is -2.49. The monoisotopic (exact) mass is 413 g/mol. The summed E-state index contributed by atoms with van der Waals surface area (Å²) in [5, 5.41) is 9.37. The van der Waals surface area contributed by atoms with E-state index in [0.29, 0.717) is 31.9 Å². The molecule has 4 nitrogen and oxygen atoms in total. The first-order valence-electron chi connectivity index (χ1n) is 8.24. The SMILES string of the molecule is N#C/C(=C\c1ccc(Br)cc1)C(=O)N1CCN(c2ccccc2F)CC1. The summed E-state index contributed by atoms with van der Waals surface area (Å²) >= 11 is 3.36. The van der Waals surface area contributed by atoms with E-state index >= 15 is 0 Å². The molecule has 1 saturated heterocycles. The first-order valence-corrected chi connectivity index (χ1v) is 9.04. The molecule has 26 heavy (non-hydrogen) atoms. The minimum Gasteiger partial charge on any atom is -0.366 e. The average molecular weight is 414 g/mol. The van der Waals surface area contributed by atoms with Crippen molar-refractivity contribution in [3.63, 3.8) is 0 Å². The van der Waals surface area contributed by atoms with Crippen molar-refractivity contribution in [1.82, 2.24) is 4.90 Å². The van der Waals surface area contributed by atoms with E-state index in [1.807, 2.05) is 35.2 Å². The molecule has 132 valence electrons. The molecule has 0 aliphatic carbocycles. The third-order valence-electron chi connectivity index (χ3n) is 4.29. The number of nitriles is 1. The van der Waals surface area contributed by atoms with Gasteiger partial charge in [0.15, 0.2) is 0 Å². The van der Waals surface area contributed by atoms with Crippen LogP contribution in [-0.2, 0) is 4.79 Å². The van der Waals surface area contributed by atoms with E-state index in [9.17, 15) is 14.4 Å². The zero-order valence-electron chi connectivity index (χ0n) is 14.0. The average Bonchev–Trinajstić information content (AvgIpc) is 2.67. The van der Waals surface area contributed by atoms with Gasteiger partial charge in [-0.05, 0) is 35.9 Å². The molecule has 1 heterocycles. The van der Waals surface area contributed by atoms with E-state index in [0.717, 1.165) is 10.0 Å². The highest BCUT2D eigenvalue weighted by molar-refractivity contribution is 9.10. The Hall–Kier alpha value is -2.65. The van der Waals surface area contributed by atoms with Crippen LogP contribution in [0, 0.1) is 17.1 Å². The molecular weight excluding hydrogens is 397 g/mol. The second kappa shape index (κ2) is 8.15. The summed E-state index contributed by atoms with van der Waals surface area (Å²) in [5.74, 6) is -0.552. The Morgan fingerprint density at radius 1 is 1.08 bits per heavy atom. The van der Waals surface area contributed by atoms with Crippen LogP contribution in [0.25, 0.3) is 6.08 Å². The largest absolute Gasteiger partial charge is 0.366 e. The third-order valence-corrected chi connectivity index (χ3v) is 4.82. The minimum absolute atomic E-state index is 0.103. The van der Waals surface area contributed by atoms with Crippen LogP contribution in [0.3, 0.4) is 0 Å². The number of hydrogen-bond acceptors (Lipinski definition) is 3. The molecule has 0 atom stereocenters. The Balaban J connectivity index is 1.68. The quantitative estimate of drug-likeness (QED) is 0.567. The Bertz CT molecular complexity index is 865. The molecule has 1 aliphatic heterocycles. The van der Waals surface area contributed by atoms with Crippen LogP contribution in [0.5, 0.6) is 0 Å². The number of carbonyl (C=O) groups excluding carboxylic acids is 1. The molecule has 0 N–H and O–H groups in total. The van der Waals surface area contributed by atoms with E-state index in [-0.39, 0.29) is 17.3 Å². The molecule has 1 fully saturated rings. The van der Waals surface area contributed by atoms with Crippen LogP contribution < -0.4 is 4.90 Å². The van der Waals surface area contributed by atoms with Gasteiger partial charge in [-0.25, -0.2) is 4.39 Å². The van der Waals surface area contributed by atoms with Gasteiger partial charge in [0, 0.05) is 30.7 Å². The van der Waals surface area contributed by atoms with Crippen LogP contribution in [0.1, 0.15) is 5.56 Å². The van der Waals surface area contributed by atoms with E-state index in [1.54, 1.807) is 29.2 Å². The van der Waals surface area contributed by atoms with Gasteiger partial charge in [-0.1, -0.05) is 40.2 Å². The highest BCUT2D eigenvalue weighted by Gasteiger charge is 2.24. The predicted molar refractivity (Wildman–Crippen MR) is 103 cm³/mol. The number of nitrogens with zero attached hydrogens (tertiary/aromatic N) is 3. The van der Waals surface area contributed by atoms with Gasteiger partial charge in [0.2, 0.25) is 0 Å². The maximum Gasteiger partial charge on any atom is 0.264 e. The molecular formula is C20H17BrFN3O. The zero-order chi connectivity index (χ0) is 18.5. The molecule has 3 rings (SSSR count). The summed E-state index contributed by atoms with van der Waals surface area (Å²) in [6, 6.07) is 16.0. The zero-order valence-corrected chi connectivity index (χ0v) is 15.6. The highest BCUT2D eigenvalue weighted by Crippen LogP contribution is 2.21. The number of amides is 1. The molecule has 2 aromatic carbocycles. The summed E-state index contributed by atoms with van der Waals surface area (Å²) in [5.41, 5.74) is 1.44. The first-order chi connectivity index (χ1) is 12.6. The summed E-state index contributed by atoms with van der Waals surface area (Å²) in [4.78, 5) is 16.2. The summed E-state index contributed by atoms with van der Waals surface area (Å²) in [6.45, 7) is 1.96. The number of hydrogen-bond donors (Lipinski definition) is 0. The van der Waals surface area contributed by atoms with Gasteiger partial charge in [-0.3, -0.25) is 4.79 Å². The fourth-order valence-corrected chi connectivity index (χ4v) is 3.16. The van der Waals surface area contributed by atoms with Gasteiger partial charge >= 0.3 is 0 Å². The maximum absolute atomic E-state index is 13.9. The molecule has 0 spiro atoms. The standard InChI is InChI=1S/C20H17BrFN3O/c21-17-7-5-15(6-8-17)13-16(14-23)20(26)25-11-9-24(10-12-25)19-4-2-1-3-18(19)22/h1-8,13H,9-12H2/b16-13+. The first kappa shape index (κ1) is 18.2. The molecule has 0 radical (unpaired) electrons. The summed E-state index contributed by atoms with van der Waals surface area (Å²) < 4.78 is 14.8. The lowest BCUT2D eigenvalue weighted by Gasteiger charge is -2.36. The lowest BCUT2D eigenvalue weighted by atomic mass is 10.1. The molecule has 1 amide bonds. The number of anilines is 1. The van der Waals surface area contributed by atoms with E-state index in [4.69, 9.17) is 0 Å². The van der Waals surface area contributed by atoms with Gasteiger partial charge in [0.25, 0.3) is 5.91 Å². The van der Waals surface area contributed by atoms with Crippen molar-refractivity contribution in [2.45, 2.75) is 0 Å². The Morgan fingerprint density at radius 3 is 2.35 bits per heavy atom. The third kappa shape index (κ3) is 4.12. The molecule has 2 aromatic rings. The van der Waals surface area contributed by atoms with Crippen LogP contribution in [0.2, 0.25) is 0 Å². The number of carbonyl (C=O) groups is 1. The van der Waals surface area contributed by atoms with Gasteiger partial charge in [0.05, 0.1) is 5.69 Å². The number of benzene rings is 2. The van der Waals surface area contributed by atoms with Crippen molar-refractivity contribution in [2.75, 3.05) is 31.1 Å². The van der Waals surface area contributed by atoms with Crippen molar-refractivity contribution < 1.29 is 9.18 Å². The highest BCUT2D eigenvalue weighted by atomic mass is 79.9. The van der Waals surface area contributed by atoms with Crippen LogP contribution in [-0.4, -0.2) is 37.0 Å². The van der Waals surface area contributed by atoms with Crippen LogP contribution in [0.15, 0.2) is 58.6 Å². The predicted octanol–water partition coefficient (Wildman–Crippen LogP) is 3.84. The molecule has 6 heteroatoms. The summed E-state index contributed by atoms with van der Waals surface area (Å²) in [7, 11) is 0. The van der Waals surface area contributed by atoms with Gasteiger partial charge in [0.1, 0.15) is 17.5 Å². The van der Waals surface area contributed by atoms with Gasteiger partial charge in [-0.2, -0.15) is 5.26 Å². The number of halogens is 2. The van der Waals surface area contributed by atoms with E-state index in [1.165, 1.54) is 6.07 Å². The fraction of sp³-hybridized carbons (Fsp3) is 0.200. The lowest BCUT2D eigenvalue weighted by molar-refractivity contribution is -0.126. The molecule has 0 saturated carbocycles. The van der Waals surface area contributed by atoms with Crippen molar-refractivity contribution in [3.8, 4) is 6.07 Å². The maximum atomic E-state index is 13.9. The van der Waals surface area contributed by atoms with Crippen molar-refractivity contribution in [1.29, 1.82) is 5.26 Å². The molecule has 1 aliphatic rings. The fourth-order valence-electron chi connectivity index (χ4n) is 2.90. The Morgan fingerprint density at radius 2 is 1.73 bits per heavy atom. The molecule has 0 unspecified atom stereocenters.